The van der Waals surface area contributed by atoms with Gasteiger partial charge in [-0.15, -0.1) is 0 Å². The first kappa shape index (κ1) is 18.3. The van der Waals surface area contributed by atoms with Gasteiger partial charge in [-0.05, 0) is 34.7 Å². The fraction of sp³-hybridized carbons (Fsp3) is 0.688. The van der Waals surface area contributed by atoms with E-state index >= 15 is 0 Å². The fourth-order valence-corrected chi connectivity index (χ4v) is 2.45. The standard InChI is InChI=1S/C16H26N4O4/c1-11-8-12(18-24-11)9-17-14(21)13-10-20(7-6-19(13)5)15(22)23-16(2,3)4/h8,13H,6-7,9-10H2,1-5H3,(H,17,21). The number of nitrogens with zero attached hydrogens (tertiary/aromatic N) is 3. The lowest BCUT2D eigenvalue weighted by Gasteiger charge is -2.38. The van der Waals surface area contributed by atoms with Crippen LogP contribution in [-0.2, 0) is 16.1 Å². The van der Waals surface area contributed by atoms with Crippen LogP contribution in [0.1, 0.15) is 32.2 Å². The Morgan fingerprint density at radius 2 is 2.12 bits per heavy atom. The van der Waals surface area contributed by atoms with Gasteiger partial charge in [-0.1, -0.05) is 5.16 Å². The maximum absolute atomic E-state index is 12.5. The van der Waals surface area contributed by atoms with E-state index < -0.39 is 11.6 Å². The molecule has 0 saturated carbocycles. The molecule has 1 unspecified atom stereocenters. The smallest absolute Gasteiger partial charge is 0.410 e. The van der Waals surface area contributed by atoms with E-state index in [1.54, 1.807) is 17.9 Å². The largest absolute Gasteiger partial charge is 0.444 e. The highest BCUT2D eigenvalue weighted by Gasteiger charge is 2.34. The number of rotatable bonds is 3. The van der Waals surface area contributed by atoms with Crippen molar-refractivity contribution >= 4 is 12.0 Å². The Kier molecular flexibility index (Phi) is 5.48. The summed E-state index contributed by atoms with van der Waals surface area (Å²) in [4.78, 5) is 28.2. The molecule has 0 aromatic carbocycles. The minimum absolute atomic E-state index is 0.147. The van der Waals surface area contributed by atoms with Crippen molar-refractivity contribution < 1.29 is 18.8 Å². The van der Waals surface area contributed by atoms with Crippen molar-refractivity contribution in [1.29, 1.82) is 0 Å². The zero-order valence-electron chi connectivity index (χ0n) is 15.0. The van der Waals surface area contributed by atoms with Crippen molar-refractivity contribution in [2.75, 3.05) is 26.7 Å². The van der Waals surface area contributed by atoms with E-state index in [0.29, 0.717) is 37.6 Å². The molecule has 1 aromatic heterocycles. The lowest BCUT2D eigenvalue weighted by atomic mass is 10.1. The first-order valence-corrected chi connectivity index (χ1v) is 8.04. The summed E-state index contributed by atoms with van der Waals surface area (Å²) in [5.74, 6) is 0.552. The summed E-state index contributed by atoms with van der Waals surface area (Å²) >= 11 is 0. The van der Waals surface area contributed by atoms with E-state index in [4.69, 9.17) is 9.26 Å². The summed E-state index contributed by atoms with van der Waals surface area (Å²) in [6, 6.07) is 1.36. The number of hydrogen-bond donors (Lipinski definition) is 1. The number of aromatic nitrogens is 1. The number of likely N-dealkylation sites (N-methyl/N-ethyl adjacent to an activating group) is 1. The van der Waals surface area contributed by atoms with Crippen LogP contribution in [0.2, 0.25) is 0 Å². The number of piperazine rings is 1. The van der Waals surface area contributed by atoms with Gasteiger partial charge in [0.1, 0.15) is 23.1 Å². The predicted octanol–water partition coefficient (Wildman–Crippen LogP) is 1.15. The van der Waals surface area contributed by atoms with E-state index in [0.717, 1.165) is 0 Å². The zero-order valence-corrected chi connectivity index (χ0v) is 15.0. The molecule has 134 valence electrons. The number of hydrogen-bond acceptors (Lipinski definition) is 6. The van der Waals surface area contributed by atoms with Crippen molar-refractivity contribution in [3.8, 4) is 0 Å². The molecule has 2 rings (SSSR count). The van der Waals surface area contributed by atoms with Crippen LogP contribution in [0.3, 0.4) is 0 Å². The highest BCUT2D eigenvalue weighted by Crippen LogP contribution is 2.14. The summed E-state index contributed by atoms with van der Waals surface area (Å²) < 4.78 is 10.4. The lowest BCUT2D eigenvalue weighted by molar-refractivity contribution is -0.128. The summed E-state index contributed by atoms with van der Waals surface area (Å²) in [6.45, 7) is 9.02. The normalized spacial score (nSPS) is 19.2. The van der Waals surface area contributed by atoms with Gasteiger partial charge in [0.15, 0.2) is 0 Å². The van der Waals surface area contributed by atoms with Crippen LogP contribution < -0.4 is 5.32 Å². The summed E-state index contributed by atoms with van der Waals surface area (Å²) in [5, 5.41) is 6.69. The Morgan fingerprint density at radius 1 is 1.42 bits per heavy atom. The average molecular weight is 338 g/mol. The molecule has 1 N–H and O–H groups in total. The topological polar surface area (TPSA) is 87.9 Å². The molecule has 0 spiro atoms. The predicted molar refractivity (Wildman–Crippen MR) is 87.3 cm³/mol. The highest BCUT2D eigenvalue weighted by atomic mass is 16.6. The summed E-state index contributed by atoms with van der Waals surface area (Å²) in [6.07, 6.45) is -0.388. The van der Waals surface area contributed by atoms with Gasteiger partial charge in [-0.3, -0.25) is 9.69 Å². The van der Waals surface area contributed by atoms with Crippen LogP contribution in [0, 0.1) is 6.92 Å². The van der Waals surface area contributed by atoms with Gasteiger partial charge < -0.3 is 19.5 Å². The minimum atomic E-state index is -0.553. The van der Waals surface area contributed by atoms with Crippen molar-refractivity contribution in [2.45, 2.75) is 45.9 Å². The number of nitrogens with one attached hydrogen (secondary N) is 1. The molecule has 0 radical (unpaired) electrons. The van der Waals surface area contributed by atoms with Crippen LogP contribution in [0.5, 0.6) is 0 Å². The van der Waals surface area contributed by atoms with Crippen LogP contribution in [0.25, 0.3) is 0 Å². The molecule has 0 aliphatic carbocycles. The monoisotopic (exact) mass is 338 g/mol. The second kappa shape index (κ2) is 7.21. The molecule has 1 aromatic rings. The van der Waals surface area contributed by atoms with E-state index in [1.165, 1.54) is 0 Å². The lowest BCUT2D eigenvalue weighted by Crippen LogP contribution is -2.59. The molecular formula is C16H26N4O4. The van der Waals surface area contributed by atoms with Gasteiger partial charge in [-0.2, -0.15) is 0 Å². The Balaban J connectivity index is 1.92. The molecule has 8 nitrogen and oxygen atoms in total. The second-order valence-corrected chi connectivity index (χ2v) is 7.07. The van der Waals surface area contributed by atoms with Crippen LogP contribution >= 0.6 is 0 Å². The molecule has 1 atom stereocenters. The number of carbonyl (C=O) groups excluding carboxylic acids is 2. The van der Waals surface area contributed by atoms with E-state index in [1.807, 2.05) is 32.7 Å². The Hall–Kier alpha value is -2.09. The highest BCUT2D eigenvalue weighted by molar-refractivity contribution is 5.83. The average Bonchev–Trinajstić information content (AvgIpc) is 2.89. The van der Waals surface area contributed by atoms with Crippen molar-refractivity contribution in [1.82, 2.24) is 20.3 Å². The van der Waals surface area contributed by atoms with Crippen molar-refractivity contribution in [3.05, 3.63) is 17.5 Å². The zero-order chi connectivity index (χ0) is 17.9. The summed E-state index contributed by atoms with van der Waals surface area (Å²) in [7, 11) is 1.87. The molecule has 1 aliphatic rings. The molecular weight excluding hydrogens is 312 g/mol. The van der Waals surface area contributed by atoms with Crippen molar-refractivity contribution in [3.63, 3.8) is 0 Å². The maximum atomic E-state index is 12.5. The number of amides is 2. The van der Waals surface area contributed by atoms with Gasteiger partial charge >= 0.3 is 6.09 Å². The third-order valence-corrected chi connectivity index (χ3v) is 3.72. The molecule has 1 saturated heterocycles. The number of carbonyl (C=O) groups is 2. The SMILES string of the molecule is Cc1cc(CNC(=O)C2CN(C(=O)OC(C)(C)C)CCN2C)no1. The molecule has 24 heavy (non-hydrogen) atoms. The Bertz CT molecular complexity index is 593. The molecule has 1 fully saturated rings. The molecule has 8 heteroatoms. The minimum Gasteiger partial charge on any atom is -0.444 e. The van der Waals surface area contributed by atoms with Gasteiger partial charge in [-0.25, -0.2) is 4.79 Å². The Morgan fingerprint density at radius 3 is 2.71 bits per heavy atom. The van der Waals surface area contributed by atoms with Gasteiger partial charge in [0, 0.05) is 25.7 Å². The number of ether oxygens (including phenoxy) is 1. The van der Waals surface area contributed by atoms with E-state index in [9.17, 15) is 9.59 Å². The quantitative estimate of drug-likeness (QED) is 0.889. The van der Waals surface area contributed by atoms with Gasteiger partial charge in [0.2, 0.25) is 5.91 Å². The van der Waals surface area contributed by atoms with Gasteiger partial charge in [0.25, 0.3) is 0 Å². The van der Waals surface area contributed by atoms with Crippen molar-refractivity contribution in [2.24, 2.45) is 0 Å². The first-order chi connectivity index (χ1) is 11.2. The van der Waals surface area contributed by atoms with E-state index in [2.05, 4.69) is 10.5 Å². The fourth-order valence-electron chi connectivity index (χ4n) is 2.45. The maximum Gasteiger partial charge on any atom is 0.410 e. The van der Waals surface area contributed by atoms with Crippen LogP contribution in [0.4, 0.5) is 4.79 Å². The third-order valence-electron chi connectivity index (χ3n) is 3.72. The number of aryl methyl sites for hydroxylation is 1. The third kappa shape index (κ3) is 4.95. The summed E-state index contributed by atoms with van der Waals surface area (Å²) in [5.41, 5.74) is 0.117. The first-order valence-electron chi connectivity index (χ1n) is 8.04. The molecule has 2 heterocycles. The molecule has 1 aliphatic heterocycles. The van der Waals surface area contributed by atoms with E-state index in [-0.39, 0.29) is 12.0 Å². The Labute approximate surface area is 142 Å². The second-order valence-electron chi connectivity index (χ2n) is 7.07. The molecule has 2 amide bonds. The molecule has 0 bridgehead atoms. The van der Waals surface area contributed by atoms with Crippen LogP contribution in [-0.4, -0.2) is 65.3 Å². The van der Waals surface area contributed by atoms with Crippen LogP contribution in [0.15, 0.2) is 10.6 Å². The van der Waals surface area contributed by atoms with Gasteiger partial charge in [0.05, 0.1) is 6.54 Å².